The van der Waals surface area contributed by atoms with Crippen LogP contribution in [-0.2, 0) is 20.9 Å². The first kappa shape index (κ1) is 24.3. The molecule has 0 radical (unpaired) electrons. The Balaban J connectivity index is 1.89. The fourth-order valence-corrected chi connectivity index (χ4v) is 2.85. The van der Waals surface area contributed by atoms with Gasteiger partial charge in [-0.15, -0.1) is 0 Å². The summed E-state index contributed by atoms with van der Waals surface area (Å²) in [5.41, 5.74) is 5.86. The molecule has 1 aromatic heterocycles. The summed E-state index contributed by atoms with van der Waals surface area (Å²) in [7, 11) is 1.60. The molecular weight excluding hydrogens is 422 g/mol. The van der Waals surface area contributed by atoms with Crippen LogP contribution < -0.4 is 10.5 Å². The first-order valence-electron chi connectivity index (χ1n) is 9.45. The van der Waals surface area contributed by atoms with Crippen LogP contribution in [-0.4, -0.2) is 58.2 Å². The van der Waals surface area contributed by atoms with Crippen molar-refractivity contribution in [3.05, 3.63) is 53.5 Å². The van der Waals surface area contributed by atoms with E-state index in [1.54, 1.807) is 18.0 Å². The van der Waals surface area contributed by atoms with Gasteiger partial charge in [0, 0.05) is 12.0 Å². The number of nitrogens with one attached hydrogen (secondary N) is 1. The average Bonchev–Trinajstić information content (AvgIpc) is 3.15. The predicted octanol–water partition coefficient (Wildman–Crippen LogP) is 1.35. The van der Waals surface area contributed by atoms with Crippen molar-refractivity contribution in [2.45, 2.75) is 19.4 Å². The van der Waals surface area contributed by atoms with Gasteiger partial charge < -0.3 is 25.1 Å². The smallest absolute Gasteiger partial charge is 0.379 e. The lowest BCUT2D eigenvalue weighted by Crippen LogP contribution is -2.29. The average molecular weight is 445 g/mol. The van der Waals surface area contributed by atoms with E-state index in [0.29, 0.717) is 11.3 Å². The molecule has 0 aliphatic heterocycles. The van der Waals surface area contributed by atoms with Gasteiger partial charge in [-0.25, -0.2) is 4.79 Å². The SMILES string of the molecule is CN(CC(=O)C[C@@H](CC(=O)O)C(=O)O)Cc1ccc(C(=O)Oc2ccc(C(=N)N)cc2)o1. The highest BCUT2D eigenvalue weighted by molar-refractivity contribution is 5.95. The van der Waals surface area contributed by atoms with Gasteiger partial charge in [-0.3, -0.25) is 24.7 Å². The summed E-state index contributed by atoms with van der Waals surface area (Å²) < 4.78 is 10.7. The van der Waals surface area contributed by atoms with Crippen molar-refractivity contribution in [3.8, 4) is 5.75 Å². The molecule has 0 aliphatic rings. The van der Waals surface area contributed by atoms with E-state index in [-0.39, 0.29) is 30.4 Å². The first-order valence-corrected chi connectivity index (χ1v) is 9.45. The number of carbonyl (C=O) groups is 4. The molecule has 1 aromatic carbocycles. The summed E-state index contributed by atoms with van der Waals surface area (Å²) in [5, 5.41) is 25.1. The molecule has 0 spiro atoms. The summed E-state index contributed by atoms with van der Waals surface area (Å²) >= 11 is 0. The van der Waals surface area contributed by atoms with Crippen LogP contribution in [0.25, 0.3) is 0 Å². The number of carbonyl (C=O) groups excluding carboxylic acids is 2. The summed E-state index contributed by atoms with van der Waals surface area (Å²) in [6, 6.07) is 9.02. The van der Waals surface area contributed by atoms with Crippen molar-refractivity contribution < 1.29 is 38.5 Å². The molecule has 11 nitrogen and oxygen atoms in total. The minimum Gasteiger partial charge on any atom is -0.481 e. The number of nitrogens with two attached hydrogens (primary N) is 1. The van der Waals surface area contributed by atoms with E-state index in [1.165, 1.54) is 30.3 Å². The number of rotatable bonds is 12. The highest BCUT2D eigenvalue weighted by Crippen LogP contribution is 2.17. The van der Waals surface area contributed by atoms with Gasteiger partial charge in [0.2, 0.25) is 5.76 Å². The number of esters is 1. The molecule has 0 saturated carbocycles. The van der Waals surface area contributed by atoms with Gasteiger partial charge in [-0.05, 0) is 43.4 Å². The van der Waals surface area contributed by atoms with Gasteiger partial charge in [-0.1, -0.05) is 0 Å². The van der Waals surface area contributed by atoms with Crippen LogP contribution in [0.3, 0.4) is 0 Å². The second-order valence-corrected chi connectivity index (χ2v) is 7.14. The van der Waals surface area contributed by atoms with Crippen LogP contribution in [0.1, 0.15) is 34.7 Å². The fraction of sp³-hybridized carbons (Fsp3) is 0.286. The normalized spacial score (nSPS) is 11.7. The van der Waals surface area contributed by atoms with Crippen molar-refractivity contribution in [3.63, 3.8) is 0 Å². The number of carboxylic acids is 2. The molecule has 5 N–H and O–H groups in total. The van der Waals surface area contributed by atoms with Crippen LogP contribution in [0.4, 0.5) is 0 Å². The maximum Gasteiger partial charge on any atom is 0.379 e. The van der Waals surface area contributed by atoms with Crippen molar-refractivity contribution in [1.82, 2.24) is 4.90 Å². The number of likely N-dealkylation sites (N-methyl/N-ethyl adjacent to an activating group) is 1. The molecule has 0 fully saturated rings. The minimum absolute atomic E-state index is 0.0530. The Kier molecular flexibility index (Phi) is 8.24. The maximum absolute atomic E-state index is 12.2. The number of Topliss-reactive ketones (excluding diaryl/α,β-unsaturated/α-hetero) is 1. The Morgan fingerprint density at radius 2 is 1.75 bits per heavy atom. The van der Waals surface area contributed by atoms with E-state index < -0.39 is 42.5 Å². The van der Waals surface area contributed by atoms with Crippen LogP contribution in [0.5, 0.6) is 5.75 Å². The van der Waals surface area contributed by atoms with E-state index in [1.807, 2.05) is 0 Å². The number of benzene rings is 1. The lowest BCUT2D eigenvalue weighted by Gasteiger charge is -2.15. The van der Waals surface area contributed by atoms with Gasteiger partial charge >= 0.3 is 17.9 Å². The summed E-state index contributed by atoms with van der Waals surface area (Å²) in [4.78, 5) is 47.7. The van der Waals surface area contributed by atoms with Gasteiger partial charge in [0.25, 0.3) is 0 Å². The maximum atomic E-state index is 12.2. The first-order chi connectivity index (χ1) is 15.0. The molecule has 11 heteroatoms. The van der Waals surface area contributed by atoms with E-state index in [4.69, 9.17) is 30.5 Å². The van der Waals surface area contributed by atoms with E-state index in [9.17, 15) is 19.2 Å². The molecule has 0 aliphatic carbocycles. The van der Waals surface area contributed by atoms with Crippen LogP contribution >= 0.6 is 0 Å². The topological polar surface area (TPSA) is 184 Å². The number of carboxylic acid groups (broad SMARTS) is 2. The van der Waals surface area contributed by atoms with Crippen molar-refractivity contribution in [1.29, 1.82) is 5.41 Å². The van der Waals surface area contributed by atoms with Crippen molar-refractivity contribution in [2.24, 2.45) is 11.7 Å². The van der Waals surface area contributed by atoms with Crippen LogP contribution in [0, 0.1) is 11.3 Å². The second-order valence-electron chi connectivity index (χ2n) is 7.14. The van der Waals surface area contributed by atoms with Crippen molar-refractivity contribution in [2.75, 3.05) is 13.6 Å². The number of furan rings is 1. The molecule has 2 rings (SSSR count). The highest BCUT2D eigenvalue weighted by atomic mass is 16.5. The Labute approximate surface area is 182 Å². The quantitative estimate of drug-likeness (QED) is 0.161. The third kappa shape index (κ3) is 7.36. The van der Waals surface area contributed by atoms with Gasteiger partial charge in [0.15, 0.2) is 0 Å². The zero-order chi connectivity index (χ0) is 23.8. The number of ether oxygens (including phenoxy) is 1. The number of nitrogen functional groups attached to an aromatic ring is 1. The molecule has 170 valence electrons. The molecular formula is C21H23N3O8. The van der Waals surface area contributed by atoms with Crippen molar-refractivity contribution >= 4 is 29.5 Å². The Morgan fingerprint density at radius 1 is 1.09 bits per heavy atom. The standard InChI is InChI=1S/C21H23N3O8/c1-24(10-14(25)8-13(20(28)29)9-18(26)27)11-16-6-7-17(31-16)21(30)32-15-4-2-12(3-5-15)19(22)23/h2-7,13H,8-11H2,1H3,(H3,22,23)(H,26,27)(H,28,29)/t13-/m0/s1. The number of amidine groups is 1. The molecule has 0 amide bonds. The largest absolute Gasteiger partial charge is 0.481 e. The summed E-state index contributed by atoms with van der Waals surface area (Å²) in [5.74, 6) is -4.62. The number of nitrogens with zero attached hydrogens (tertiary/aromatic N) is 1. The Bertz CT molecular complexity index is 1010. The molecule has 1 heterocycles. The predicted molar refractivity (Wildman–Crippen MR) is 110 cm³/mol. The monoisotopic (exact) mass is 445 g/mol. The molecule has 2 aromatic rings. The van der Waals surface area contributed by atoms with Crippen LogP contribution in [0.2, 0.25) is 0 Å². The highest BCUT2D eigenvalue weighted by Gasteiger charge is 2.25. The molecule has 0 unspecified atom stereocenters. The molecule has 32 heavy (non-hydrogen) atoms. The minimum atomic E-state index is -1.34. The zero-order valence-electron chi connectivity index (χ0n) is 17.2. The zero-order valence-corrected chi connectivity index (χ0v) is 17.2. The molecule has 0 saturated heterocycles. The number of aliphatic carboxylic acids is 2. The Morgan fingerprint density at radius 3 is 2.31 bits per heavy atom. The van der Waals surface area contributed by atoms with Gasteiger partial charge in [0.1, 0.15) is 23.1 Å². The number of ketones is 1. The molecule has 1 atom stereocenters. The molecule has 0 bridgehead atoms. The Hall–Kier alpha value is -3.99. The number of hydrogen-bond acceptors (Lipinski definition) is 8. The third-order valence-electron chi connectivity index (χ3n) is 4.36. The van der Waals surface area contributed by atoms with E-state index in [2.05, 4.69) is 0 Å². The fourth-order valence-electron chi connectivity index (χ4n) is 2.85. The summed E-state index contributed by atoms with van der Waals surface area (Å²) in [6.07, 6.45) is -1.03. The van der Waals surface area contributed by atoms with E-state index >= 15 is 0 Å². The van der Waals surface area contributed by atoms with Gasteiger partial charge in [-0.2, -0.15) is 0 Å². The van der Waals surface area contributed by atoms with Gasteiger partial charge in [0.05, 0.1) is 25.4 Å². The summed E-state index contributed by atoms with van der Waals surface area (Å²) in [6.45, 7) is 0.0371. The van der Waals surface area contributed by atoms with Crippen LogP contribution in [0.15, 0.2) is 40.8 Å². The lowest BCUT2D eigenvalue weighted by molar-refractivity contribution is -0.149. The lowest BCUT2D eigenvalue weighted by atomic mass is 9.99. The second kappa shape index (κ2) is 10.9. The number of hydrogen-bond donors (Lipinski definition) is 4. The van der Waals surface area contributed by atoms with E-state index in [0.717, 1.165) is 0 Å². The third-order valence-corrected chi connectivity index (χ3v) is 4.36.